The molecule has 0 aromatic heterocycles. The molecule has 0 spiro atoms. The first-order valence-corrected chi connectivity index (χ1v) is 14.2. The number of piperidine rings is 1. The minimum atomic E-state index is -3.67. The van der Waals surface area contributed by atoms with E-state index >= 15 is 0 Å². The van der Waals surface area contributed by atoms with Crippen LogP contribution in [0.1, 0.15) is 51.4 Å². The van der Waals surface area contributed by atoms with E-state index in [9.17, 15) is 18.0 Å². The maximum absolute atomic E-state index is 13.4. The van der Waals surface area contributed by atoms with Crippen LogP contribution in [0.15, 0.2) is 23.1 Å². The van der Waals surface area contributed by atoms with Gasteiger partial charge in [-0.3, -0.25) is 9.59 Å². The van der Waals surface area contributed by atoms with Crippen LogP contribution in [-0.2, 0) is 24.3 Å². The van der Waals surface area contributed by atoms with E-state index in [1.807, 2.05) is 6.07 Å². The monoisotopic (exact) mass is 489 g/mol. The summed E-state index contributed by atoms with van der Waals surface area (Å²) in [4.78, 5) is 28.3. The smallest absolute Gasteiger partial charge is 0.243 e. The molecule has 1 aromatic carbocycles. The van der Waals surface area contributed by atoms with E-state index in [0.29, 0.717) is 50.6 Å². The largest absolute Gasteiger partial charge is 0.379 e. The highest BCUT2D eigenvalue weighted by Gasteiger charge is 2.41. The highest BCUT2D eigenvalue weighted by atomic mass is 32.2. The van der Waals surface area contributed by atoms with Crippen molar-refractivity contribution in [2.75, 3.05) is 49.6 Å². The Kier molecular flexibility index (Phi) is 6.95. The Balaban J connectivity index is 1.42. The lowest BCUT2D eigenvalue weighted by molar-refractivity contribution is -0.136. The normalized spacial score (nSPS) is 28.5. The number of ketones is 1. The fraction of sp³-hybridized carbons (Fsp3) is 0.680. The molecular formula is C25H35N3O5S. The van der Waals surface area contributed by atoms with Crippen LogP contribution in [0.2, 0.25) is 0 Å². The van der Waals surface area contributed by atoms with Gasteiger partial charge in [0.15, 0.2) is 0 Å². The Morgan fingerprint density at radius 1 is 0.941 bits per heavy atom. The molecule has 0 radical (unpaired) electrons. The number of amides is 1. The fourth-order valence-electron chi connectivity index (χ4n) is 6.05. The topological polar surface area (TPSA) is 96.0 Å². The third-order valence-electron chi connectivity index (χ3n) is 7.95. The van der Waals surface area contributed by atoms with Crippen molar-refractivity contribution >= 4 is 33.1 Å². The molecule has 9 heteroatoms. The van der Waals surface area contributed by atoms with E-state index in [1.54, 1.807) is 12.1 Å². The number of nitrogens with zero attached hydrogens (tertiary/aromatic N) is 2. The number of anilines is 2. The molecular weight excluding hydrogens is 454 g/mol. The number of hydrogen-bond donors (Lipinski definition) is 1. The number of benzene rings is 1. The van der Waals surface area contributed by atoms with Crippen molar-refractivity contribution in [3.63, 3.8) is 0 Å². The number of ether oxygens (including phenoxy) is 1. The van der Waals surface area contributed by atoms with Gasteiger partial charge in [0.25, 0.3) is 0 Å². The van der Waals surface area contributed by atoms with Crippen LogP contribution in [0.5, 0.6) is 0 Å². The zero-order chi connectivity index (χ0) is 23.7. The van der Waals surface area contributed by atoms with E-state index in [2.05, 4.69) is 10.2 Å². The van der Waals surface area contributed by atoms with Crippen molar-refractivity contribution in [2.24, 2.45) is 17.8 Å². The highest BCUT2D eigenvalue weighted by molar-refractivity contribution is 7.89. The molecule has 1 aromatic rings. The lowest BCUT2D eigenvalue weighted by Crippen LogP contribution is -2.41. The maximum atomic E-state index is 13.4. The summed E-state index contributed by atoms with van der Waals surface area (Å²) in [5, 5.41) is 3.10. The third kappa shape index (κ3) is 4.75. The molecule has 1 amide bonds. The van der Waals surface area contributed by atoms with Gasteiger partial charge in [0.05, 0.1) is 29.5 Å². The molecule has 4 fully saturated rings. The van der Waals surface area contributed by atoms with Crippen molar-refractivity contribution in [3.8, 4) is 0 Å². The van der Waals surface area contributed by atoms with Crippen molar-refractivity contribution in [1.29, 1.82) is 0 Å². The summed E-state index contributed by atoms with van der Waals surface area (Å²) in [6.45, 7) is 3.21. The summed E-state index contributed by atoms with van der Waals surface area (Å²) in [5.74, 6) is 0.0314. The molecule has 2 unspecified atom stereocenters. The summed E-state index contributed by atoms with van der Waals surface area (Å²) >= 11 is 0. The Labute approximate surface area is 202 Å². The molecule has 5 rings (SSSR count). The van der Waals surface area contributed by atoms with E-state index in [1.165, 1.54) is 10.7 Å². The lowest BCUT2D eigenvalue weighted by Gasteiger charge is -2.37. The predicted octanol–water partition coefficient (Wildman–Crippen LogP) is 3.03. The molecule has 186 valence electrons. The molecule has 34 heavy (non-hydrogen) atoms. The Morgan fingerprint density at radius 2 is 1.62 bits per heavy atom. The Hall–Kier alpha value is -1.97. The van der Waals surface area contributed by atoms with E-state index < -0.39 is 10.0 Å². The van der Waals surface area contributed by atoms with E-state index in [4.69, 9.17) is 4.74 Å². The Morgan fingerprint density at radius 3 is 2.29 bits per heavy atom. The van der Waals surface area contributed by atoms with E-state index in [0.717, 1.165) is 50.9 Å². The number of sulfonamides is 1. The number of rotatable bonds is 5. The standard InChI is InChI=1S/C25H35N3O5S/c29-24-18-5-4-6-19(24)16-20(15-18)25(30)26-22-17-21(34(31,32)28-11-13-33-14-12-28)7-8-23(22)27-9-2-1-3-10-27/h7-8,17-20H,1-6,9-16H2,(H,26,30). The predicted molar refractivity (Wildman–Crippen MR) is 129 cm³/mol. The second-order valence-electron chi connectivity index (χ2n) is 10.1. The van der Waals surface area contributed by atoms with Gasteiger partial charge in [-0.1, -0.05) is 6.42 Å². The Bertz CT molecular complexity index is 1010. The van der Waals surface area contributed by atoms with Crippen LogP contribution in [0, 0.1) is 17.8 Å². The van der Waals surface area contributed by atoms with Gasteiger partial charge in [0.1, 0.15) is 5.78 Å². The lowest BCUT2D eigenvalue weighted by atomic mass is 9.67. The van der Waals surface area contributed by atoms with Gasteiger partial charge in [-0.15, -0.1) is 0 Å². The third-order valence-corrected chi connectivity index (χ3v) is 9.84. The van der Waals surface area contributed by atoms with Crippen LogP contribution in [-0.4, -0.2) is 63.8 Å². The van der Waals surface area contributed by atoms with Crippen LogP contribution < -0.4 is 10.2 Å². The van der Waals surface area contributed by atoms with Crippen LogP contribution in [0.4, 0.5) is 11.4 Å². The minimum absolute atomic E-state index is 0.00199. The van der Waals surface area contributed by atoms with Crippen LogP contribution in [0.3, 0.4) is 0 Å². The number of hydrogen-bond acceptors (Lipinski definition) is 6. The SMILES string of the molecule is O=C(Nc1cc(S(=O)(=O)N2CCOCC2)ccc1N1CCCCC1)C1CC2CCCC(C1)C2=O. The number of Topliss-reactive ketones (excluding diaryl/α,β-unsaturated/α-hetero) is 1. The molecule has 8 nitrogen and oxygen atoms in total. The van der Waals surface area contributed by atoms with Gasteiger partial charge in [-0.2, -0.15) is 4.31 Å². The van der Waals surface area contributed by atoms with Gasteiger partial charge < -0.3 is 15.0 Å². The number of carbonyl (C=O) groups excluding carboxylic acids is 2. The zero-order valence-electron chi connectivity index (χ0n) is 19.7. The molecule has 2 heterocycles. The van der Waals surface area contributed by atoms with Crippen molar-refractivity contribution in [2.45, 2.75) is 56.3 Å². The summed E-state index contributed by atoms with van der Waals surface area (Å²) in [6.07, 6.45) is 7.37. The average molecular weight is 490 g/mol. The van der Waals surface area contributed by atoms with Gasteiger partial charge in [-0.05, 0) is 63.1 Å². The number of carbonyl (C=O) groups is 2. The molecule has 2 bridgehead atoms. The second-order valence-corrected chi connectivity index (χ2v) is 12.1. The molecule has 2 aliphatic carbocycles. The second kappa shape index (κ2) is 9.95. The fourth-order valence-corrected chi connectivity index (χ4v) is 7.49. The van der Waals surface area contributed by atoms with Gasteiger partial charge in [0.2, 0.25) is 15.9 Å². The van der Waals surface area contributed by atoms with Crippen molar-refractivity contribution in [1.82, 2.24) is 4.31 Å². The summed E-state index contributed by atoms with van der Waals surface area (Å²) in [5.41, 5.74) is 1.43. The van der Waals surface area contributed by atoms with Gasteiger partial charge >= 0.3 is 0 Å². The molecule has 2 saturated heterocycles. The molecule has 4 aliphatic rings. The first-order valence-electron chi connectivity index (χ1n) is 12.7. The molecule has 2 atom stereocenters. The first kappa shape index (κ1) is 23.8. The minimum Gasteiger partial charge on any atom is -0.379 e. The van der Waals surface area contributed by atoms with Crippen LogP contribution >= 0.6 is 0 Å². The maximum Gasteiger partial charge on any atom is 0.243 e. The van der Waals surface area contributed by atoms with Crippen molar-refractivity contribution < 1.29 is 22.7 Å². The summed E-state index contributed by atoms with van der Waals surface area (Å²) in [6, 6.07) is 5.13. The van der Waals surface area contributed by atoms with Gasteiger partial charge in [0, 0.05) is 43.9 Å². The number of fused-ring (bicyclic) bond motifs is 2. The molecule has 2 aliphatic heterocycles. The quantitative estimate of drug-likeness (QED) is 0.683. The molecule has 2 saturated carbocycles. The number of nitrogens with one attached hydrogen (secondary N) is 1. The first-order chi connectivity index (χ1) is 16.4. The van der Waals surface area contributed by atoms with Gasteiger partial charge in [-0.25, -0.2) is 8.42 Å². The highest BCUT2D eigenvalue weighted by Crippen LogP contribution is 2.41. The number of morpholine rings is 1. The summed E-state index contributed by atoms with van der Waals surface area (Å²) in [7, 11) is -3.67. The van der Waals surface area contributed by atoms with Crippen LogP contribution in [0.25, 0.3) is 0 Å². The van der Waals surface area contributed by atoms with E-state index in [-0.39, 0.29) is 28.6 Å². The average Bonchev–Trinajstić information content (AvgIpc) is 2.85. The molecule has 1 N–H and O–H groups in total. The van der Waals surface area contributed by atoms with Crippen molar-refractivity contribution in [3.05, 3.63) is 18.2 Å². The zero-order valence-corrected chi connectivity index (χ0v) is 20.5. The summed E-state index contributed by atoms with van der Waals surface area (Å²) < 4.78 is 33.3.